The van der Waals surface area contributed by atoms with Gasteiger partial charge in [0.2, 0.25) is 8.77 Å². The summed E-state index contributed by atoms with van der Waals surface area (Å²) in [6, 6.07) is 9.32. The minimum atomic E-state index is -0.167. The van der Waals surface area contributed by atoms with Crippen LogP contribution in [0.1, 0.15) is 38.1 Å². The first-order valence-electron chi connectivity index (χ1n) is 7.64. The molecule has 0 aromatic heterocycles. The average Bonchev–Trinajstić information content (AvgIpc) is 2.53. The first kappa shape index (κ1) is 23.3. The lowest BCUT2D eigenvalue weighted by Gasteiger charge is -2.17. The smallest absolute Gasteiger partial charge is 0.224 e. The van der Waals surface area contributed by atoms with E-state index in [0.29, 0.717) is 14.3 Å². The zero-order valence-corrected chi connectivity index (χ0v) is 19.7. The van der Waals surface area contributed by atoms with Gasteiger partial charge in [-0.3, -0.25) is 4.79 Å². The van der Waals surface area contributed by atoms with E-state index in [9.17, 15) is 4.79 Å². The number of Topliss-reactive ketones (excluding diaryl/α,β-unsaturated/α-hetero) is 1. The number of hydrogen-bond donors (Lipinski definition) is 0. The maximum absolute atomic E-state index is 12.8. The van der Waals surface area contributed by atoms with Crippen LogP contribution in [-0.2, 0) is 9.47 Å². The molecule has 0 heterocycles. The van der Waals surface area contributed by atoms with Crippen molar-refractivity contribution in [2.45, 2.75) is 45.3 Å². The summed E-state index contributed by atoms with van der Waals surface area (Å²) in [6.45, 7) is 7.73. The van der Waals surface area contributed by atoms with Crippen LogP contribution in [0, 0.1) is 0 Å². The molecule has 0 bridgehead atoms. The van der Waals surface area contributed by atoms with Crippen LogP contribution in [0.15, 0.2) is 30.3 Å². The van der Waals surface area contributed by atoms with Gasteiger partial charge in [-0.2, -0.15) is 0 Å². The van der Waals surface area contributed by atoms with Gasteiger partial charge in [0.1, 0.15) is 0 Å². The summed E-state index contributed by atoms with van der Waals surface area (Å²) in [6.07, 6.45) is 0.0776. The summed E-state index contributed by atoms with van der Waals surface area (Å²) < 4.78 is 12.0. The van der Waals surface area contributed by atoms with E-state index >= 15 is 0 Å². The number of carbonyl (C=O) groups is 1. The molecule has 25 heavy (non-hydrogen) atoms. The van der Waals surface area contributed by atoms with Crippen molar-refractivity contribution in [2.24, 2.45) is 0 Å². The second-order valence-corrected chi connectivity index (χ2v) is 12.7. The molecule has 0 spiro atoms. The zero-order valence-electron chi connectivity index (χ0n) is 14.5. The monoisotopic (exact) mass is 452 g/mol. The minimum absolute atomic E-state index is 0.0388. The first-order chi connectivity index (χ1) is 11.8. The van der Waals surface area contributed by atoms with Crippen molar-refractivity contribution in [3.05, 3.63) is 35.9 Å². The van der Waals surface area contributed by atoms with Gasteiger partial charge < -0.3 is 9.47 Å². The normalized spacial score (nSPS) is 13.0. The van der Waals surface area contributed by atoms with Crippen LogP contribution in [0.5, 0.6) is 0 Å². The Morgan fingerprint density at radius 1 is 0.920 bits per heavy atom. The van der Waals surface area contributed by atoms with Gasteiger partial charge >= 0.3 is 0 Å². The summed E-state index contributed by atoms with van der Waals surface area (Å²) in [4.78, 5) is 12.8. The summed E-state index contributed by atoms with van der Waals surface area (Å²) in [7, 11) is 0.564. The molecule has 1 rings (SSSR count). The molecule has 0 N–H and O–H groups in total. The fourth-order valence-corrected chi connectivity index (χ4v) is 9.46. The molecule has 3 nitrogen and oxygen atoms in total. The number of ether oxygens (including phenoxy) is 2. The number of benzene rings is 1. The van der Waals surface area contributed by atoms with Crippen molar-refractivity contribution < 1.29 is 14.3 Å². The van der Waals surface area contributed by atoms with Crippen LogP contribution < -0.4 is 0 Å². The zero-order chi connectivity index (χ0) is 18.8. The maximum Gasteiger partial charge on any atom is 0.224 e. The summed E-state index contributed by atoms with van der Waals surface area (Å²) >= 11 is 13.3. The second kappa shape index (κ2) is 12.6. The largest absolute Gasteiger partial charge is 0.476 e. The molecule has 2 atom stereocenters. The van der Waals surface area contributed by atoms with E-state index in [1.807, 2.05) is 58.0 Å². The van der Waals surface area contributed by atoms with Gasteiger partial charge in [-0.05, 0) is 67.7 Å². The molecule has 0 aliphatic carbocycles. The SMILES string of the molecule is CC(C)OC(=S)SPC(PSC(=S)OC(C)C)C(=O)c1ccccc1. The second-order valence-electron chi connectivity index (χ2n) is 5.44. The molecule has 9 heteroatoms. The standard InChI is InChI=1S/C16H22O3P2S4/c1-10(2)18-15(22)24-20-14(21-25-16(23)19-11(3)4)13(17)12-8-6-5-7-9-12/h5-11,14,20-21H,1-4H3. The fraction of sp³-hybridized carbons (Fsp3) is 0.438. The number of carbonyl (C=O) groups excluding carboxylic acids is 1. The lowest BCUT2D eigenvalue weighted by atomic mass is 10.1. The highest BCUT2D eigenvalue weighted by Gasteiger charge is 2.23. The summed E-state index contributed by atoms with van der Waals surface area (Å²) in [5.74, 6) is 0.108. The Kier molecular flexibility index (Phi) is 11.7. The molecule has 2 unspecified atom stereocenters. The van der Waals surface area contributed by atoms with Crippen LogP contribution in [0.25, 0.3) is 0 Å². The van der Waals surface area contributed by atoms with Crippen molar-refractivity contribution in [1.82, 2.24) is 0 Å². The highest BCUT2D eigenvalue weighted by atomic mass is 32.7. The van der Waals surface area contributed by atoms with Gasteiger partial charge in [-0.1, -0.05) is 53.1 Å². The Morgan fingerprint density at radius 3 is 1.76 bits per heavy atom. The van der Waals surface area contributed by atoms with Crippen molar-refractivity contribution in [3.8, 4) is 0 Å². The predicted molar refractivity (Wildman–Crippen MR) is 124 cm³/mol. The first-order valence-corrected chi connectivity index (χ1v) is 13.7. The van der Waals surface area contributed by atoms with E-state index in [4.69, 9.17) is 33.9 Å². The molecule has 0 amide bonds. The molecule has 0 fully saturated rings. The highest BCUT2D eigenvalue weighted by molar-refractivity contribution is 8.65. The third kappa shape index (κ3) is 10.2. The number of thiocarbonyl (C=S) groups is 2. The lowest BCUT2D eigenvalue weighted by Crippen LogP contribution is -2.12. The van der Waals surface area contributed by atoms with Gasteiger partial charge in [-0.25, -0.2) is 0 Å². The van der Waals surface area contributed by atoms with Gasteiger partial charge in [-0.15, -0.1) is 0 Å². The molecular weight excluding hydrogens is 430 g/mol. The number of hydrogen-bond acceptors (Lipinski definition) is 7. The lowest BCUT2D eigenvalue weighted by molar-refractivity contribution is 0.101. The molecule has 138 valence electrons. The molecule has 0 aliphatic rings. The van der Waals surface area contributed by atoms with Gasteiger partial charge in [0.05, 0.1) is 17.6 Å². The Bertz CT molecular complexity index is 556. The Hall–Kier alpha value is 0.230. The van der Waals surface area contributed by atoms with Crippen molar-refractivity contribution in [2.75, 3.05) is 0 Å². The molecule has 1 aromatic carbocycles. The molecule has 1 aromatic rings. The van der Waals surface area contributed by atoms with Crippen molar-refractivity contribution >= 4 is 77.3 Å². The van der Waals surface area contributed by atoms with Crippen LogP contribution in [0.3, 0.4) is 0 Å². The minimum Gasteiger partial charge on any atom is -0.476 e. The van der Waals surface area contributed by atoms with Gasteiger partial charge in [0, 0.05) is 5.56 Å². The Morgan fingerprint density at radius 2 is 1.36 bits per heavy atom. The Balaban J connectivity index is 2.71. The van der Waals surface area contributed by atoms with Crippen LogP contribution in [-0.4, -0.2) is 32.2 Å². The summed E-state index contributed by atoms with van der Waals surface area (Å²) in [5, 5.41) is -0.167. The average molecular weight is 453 g/mol. The van der Waals surface area contributed by atoms with Crippen LogP contribution in [0.4, 0.5) is 0 Å². The van der Waals surface area contributed by atoms with E-state index in [1.54, 1.807) is 0 Å². The third-order valence-electron chi connectivity index (χ3n) is 2.50. The van der Waals surface area contributed by atoms with Crippen LogP contribution >= 0.6 is 62.8 Å². The van der Waals surface area contributed by atoms with E-state index in [2.05, 4.69) is 0 Å². The molecule has 0 saturated carbocycles. The Labute approximate surface area is 172 Å². The molecule has 0 radical (unpaired) electrons. The number of ketones is 1. The van der Waals surface area contributed by atoms with Gasteiger partial charge in [0.15, 0.2) is 5.78 Å². The summed E-state index contributed by atoms with van der Waals surface area (Å²) in [5.41, 5.74) is 0.708. The fourth-order valence-electron chi connectivity index (χ4n) is 1.55. The van der Waals surface area contributed by atoms with E-state index < -0.39 is 0 Å². The molecular formula is C16H22O3P2S4. The third-order valence-corrected chi connectivity index (χ3v) is 11.2. The highest BCUT2D eigenvalue weighted by Crippen LogP contribution is 2.51. The topological polar surface area (TPSA) is 35.5 Å². The van der Waals surface area contributed by atoms with Gasteiger partial charge in [0.25, 0.3) is 0 Å². The molecule has 0 saturated heterocycles. The van der Waals surface area contributed by atoms with Crippen molar-refractivity contribution in [1.29, 1.82) is 0 Å². The van der Waals surface area contributed by atoms with E-state index in [-0.39, 0.29) is 39.0 Å². The van der Waals surface area contributed by atoms with Crippen LogP contribution in [0.2, 0.25) is 0 Å². The van der Waals surface area contributed by atoms with E-state index in [1.165, 1.54) is 22.8 Å². The van der Waals surface area contributed by atoms with Crippen molar-refractivity contribution in [3.63, 3.8) is 0 Å². The number of rotatable bonds is 8. The van der Waals surface area contributed by atoms with E-state index in [0.717, 1.165) is 0 Å². The quantitative estimate of drug-likeness (QED) is 0.261. The predicted octanol–water partition coefficient (Wildman–Crippen LogP) is 6.27. The maximum atomic E-state index is 12.8. The molecule has 0 aliphatic heterocycles.